The fourth-order valence-corrected chi connectivity index (χ4v) is 4.52. The Morgan fingerprint density at radius 2 is 2.35 bits per heavy atom. The molecule has 0 radical (unpaired) electrons. The van der Waals surface area contributed by atoms with Gasteiger partial charge in [0.25, 0.3) is 0 Å². The average molecular weight is 315 g/mol. The van der Waals surface area contributed by atoms with Crippen LogP contribution in [0.5, 0.6) is 0 Å². The van der Waals surface area contributed by atoms with E-state index in [4.69, 9.17) is 9.84 Å². The number of hydrogen-bond acceptors (Lipinski definition) is 5. The number of amides is 1. The molecule has 0 spiro atoms. The van der Waals surface area contributed by atoms with Crippen LogP contribution in [0.2, 0.25) is 0 Å². The lowest BCUT2D eigenvalue weighted by Crippen LogP contribution is -2.40. The van der Waals surface area contributed by atoms with Gasteiger partial charge in [0.1, 0.15) is 11.8 Å². The third-order valence-corrected chi connectivity index (χ3v) is 5.33. The molecule has 1 atom stereocenters. The Morgan fingerprint density at radius 3 is 3.05 bits per heavy atom. The average Bonchev–Trinajstić information content (AvgIpc) is 2.90. The van der Waals surface area contributed by atoms with Gasteiger partial charge in [0.05, 0.1) is 6.61 Å². The van der Waals surface area contributed by atoms with Gasteiger partial charge in [-0.1, -0.05) is 0 Å². The predicted octanol–water partition coefficient (Wildman–Crippen LogP) is 1.64. The van der Waals surface area contributed by atoms with E-state index in [1.165, 1.54) is 16.9 Å². The van der Waals surface area contributed by atoms with Crippen LogP contribution in [-0.4, -0.2) is 54.4 Å². The number of carbonyl (C=O) groups excluding carboxylic acids is 1. The lowest BCUT2D eigenvalue weighted by Gasteiger charge is -2.28. The lowest BCUT2D eigenvalue weighted by atomic mass is 10.1. The molecule has 0 saturated heterocycles. The van der Waals surface area contributed by atoms with E-state index >= 15 is 0 Å². The van der Waals surface area contributed by atoms with Crippen LogP contribution < -0.4 is 0 Å². The molecule has 110 valence electrons. The molecule has 1 aliphatic rings. The first-order valence-electron chi connectivity index (χ1n) is 6.31. The first-order valence-corrected chi connectivity index (χ1v) is 8.23. The number of nitrogens with zero attached hydrogens (tertiary/aromatic N) is 1. The third-order valence-electron chi connectivity index (χ3n) is 3.10. The largest absolute Gasteiger partial charge is 0.480 e. The number of carbonyl (C=O) groups is 2. The van der Waals surface area contributed by atoms with Gasteiger partial charge in [0, 0.05) is 18.5 Å². The van der Waals surface area contributed by atoms with Crippen LogP contribution >= 0.6 is 23.1 Å². The van der Waals surface area contributed by atoms with Crippen LogP contribution in [0, 0.1) is 0 Å². The molecule has 1 aliphatic heterocycles. The number of hydrogen-bond donors (Lipinski definition) is 1. The van der Waals surface area contributed by atoms with Crippen LogP contribution in [0.3, 0.4) is 0 Å². The number of ether oxygens (including phenoxy) is 1. The molecule has 2 rings (SSSR count). The standard InChI is InChI=1S/C13H17NO4S2/c1-18-5-4-14(8-11(15)16)13(17)12-9-2-6-19-10(9)3-7-20-12/h2,6,12H,3-5,7-8H2,1H3,(H,15,16). The third kappa shape index (κ3) is 3.53. The minimum absolute atomic E-state index is 0.131. The SMILES string of the molecule is COCCN(CC(=O)O)C(=O)C1SCCc2sccc21. The molecule has 0 saturated carbocycles. The molecule has 2 heterocycles. The summed E-state index contributed by atoms with van der Waals surface area (Å²) < 4.78 is 4.95. The summed E-state index contributed by atoms with van der Waals surface area (Å²) in [4.78, 5) is 26.1. The number of methoxy groups -OCH3 is 1. The van der Waals surface area contributed by atoms with Gasteiger partial charge in [-0.05, 0) is 29.2 Å². The Kier molecular flexibility index (Phi) is 5.45. The molecule has 1 unspecified atom stereocenters. The number of thioether (sulfide) groups is 1. The second-order valence-electron chi connectivity index (χ2n) is 4.45. The van der Waals surface area contributed by atoms with Crippen molar-refractivity contribution in [2.45, 2.75) is 11.7 Å². The number of thiophene rings is 1. The molecule has 7 heteroatoms. The molecule has 0 fully saturated rings. The Labute approximate surface area is 125 Å². The maximum atomic E-state index is 12.6. The zero-order chi connectivity index (χ0) is 14.5. The van der Waals surface area contributed by atoms with Crippen molar-refractivity contribution in [3.8, 4) is 0 Å². The zero-order valence-electron chi connectivity index (χ0n) is 11.2. The quantitative estimate of drug-likeness (QED) is 0.864. The Bertz CT molecular complexity index is 488. The molecular formula is C13H17NO4S2. The van der Waals surface area contributed by atoms with Gasteiger partial charge in [-0.15, -0.1) is 23.1 Å². The summed E-state index contributed by atoms with van der Waals surface area (Å²) in [5.41, 5.74) is 1.05. The minimum atomic E-state index is -0.999. The first kappa shape index (κ1) is 15.3. The highest BCUT2D eigenvalue weighted by Gasteiger charge is 2.32. The summed E-state index contributed by atoms with van der Waals surface area (Å²) in [6, 6.07) is 1.98. The highest BCUT2D eigenvalue weighted by molar-refractivity contribution is 8.00. The second kappa shape index (κ2) is 7.10. The molecule has 1 amide bonds. The molecule has 20 heavy (non-hydrogen) atoms. The fourth-order valence-electron chi connectivity index (χ4n) is 2.15. The number of fused-ring (bicyclic) bond motifs is 1. The Hall–Kier alpha value is -1.05. The van der Waals surface area contributed by atoms with E-state index in [0.29, 0.717) is 13.2 Å². The molecule has 0 bridgehead atoms. The summed E-state index contributed by atoms with van der Waals surface area (Å²) >= 11 is 3.25. The first-order chi connectivity index (χ1) is 9.63. The Morgan fingerprint density at radius 1 is 1.55 bits per heavy atom. The molecule has 5 nitrogen and oxygen atoms in total. The Balaban J connectivity index is 2.13. The van der Waals surface area contributed by atoms with Crippen molar-refractivity contribution in [3.63, 3.8) is 0 Å². The van der Waals surface area contributed by atoms with Gasteiger partial charge in [-0.3, -0.25) is 9.59 Å². The number of aliphatic carboxylic acids is 1. The topological polar surface area (TPSA) is 66.8 Å². The molecule has 1 N–H and O–H groups in total. The summed E-state index contributed by atoms with van der Waals surface area (Å²) in [5, 5.41) is 10.7. The fraction of sp³-hybridized carbons (Fsp3) is 0.538. The van der Waals surface area contributed by atoms with Crippen molar-refractivity contribution in [1.82, 2.24) is 4.90 Å². The molecule has 0 aliphatic carbocycles. The van der Waals surface area contributed by atoms with Gasteiger partial charge < -0.3 is 14.7 Å². The number of carboxylic acids is 1. The van der Waals surface area contributed by atoms with E-state index in [-0.39, 0.29) is 17.7 Å². The maximum Gasteiger partial charge on any atom is 0.323 e. The van der Waals surface area contributed by atoms with E-state index < -0.39 is 5.97 Å². The van der Waals surface area contributed by atoms with Gasteiger partial charge in [0.15, 0.2) is 0 Å². The lowest BCUT2D eigenvalue weighted by molar-refractivity contribution is -0.144. The van der Waals surface area contributed by atoms with E-state index in [1.807, 2.05) is 11.4 Å². The highest BCUT2D eigenvalue weighted by atomic mass is 32.2. The zero-order valence-corrected chi connectivity index (χ0v) is 12.8. The highest BCUT2D eigenvalue weighted by Crippen LogP contribution is 2.40. The summed E-state index contributed by atoms with van der Waals surface area (Å²) in [6.07, 6.45) is 0.985. The van der Waals surface area contributed by atoms with Crippen LogP contribution in [0.1, 0.15) is 15.7 Å². The van der Waals surface area contributed by atoms with Gasteiger partial charge in [-0.25, -0.2) is 0 Å². The van der Waals surface area contributed by atoms with Crippen molar-refractivity contribution in [2.75, 3.05) is 32.6 Å². The van der Waals surface area contributed by atoms with Crippen molar-refractivity contribution in [2.24, 2.45) is 0 Å². The van der Waals surface area contributed by atoms with Crippen molar-refractivity contribution in [3.05, 3.63) is 21.9 Å². The maximum absolute atomic E-state index is 12.6. The van der Waals surface area contributed by atoms with E-state index in [0.717, 1.165) is 17.7 Å². The number of carboxylic acid groups (broad SMARTS) is 1. The number of aryl methyl sites for hydroxylation is 1. The molecular weight excluding hydrogens is 298 g/mol. The van der Waals surface area contributed by atoms with Gasteiger partial charge in [-0.2, -0.15) is 0 Å². The van der Waals surface area contributed by atoms with Crippen LogP contribution in [0.15, 0.2) is 11.4 Å². The van der Waals surface area contributed by atoms with E-state index in [1.54, 1.807) is 23.1 Å². The minimum Gasteiger partial charge on any atom is -0.480 e. The number of rotatable bonds is 6. The predicted molar refractivity (Wildman–Crippen MR) is 79.3 cm³/mol. The van der Waals surface area contributed by atoms with Gasteiger partial charge >= 0.3 is 5.97 Å². The summed E-state index contributed by atoms with van der Waals surface area (Å²) in [7, 11) is 1.54. The monoisotopic (exact) mass is 315 g/mol. The van der Waals surface area contributed by atoms with E-state index in [2.05, 4.69) is 0 Å². The second-order valence-corrected chi connectivity index (χ2v) is 6.66. The smallest absolute Gasteiger partial charge is 0.323 e. The van der Waals surface area contributed by atoms with Crippen molar-refractivity contribution in [1.29, 1.82) is 0 Å². The molecule has 1 aromatic rings. The molecule has 0 aromatic carbocycles. The van der Waals surface area contributed by atoms with Crippen LogP contribution in [-0.2, 0) is 20.7 Å². The summed E-state index contributed by atoms with van der Waals surface area (Å²) in [5.74, 6) is -0.232. The molecule has 1 aromatic heterocycles. The normalized spacial score (nSPS) is 17.6. The van der Waals surface area contributed by atoms with Crippen LogP contribution in [0.25, 0.3) is 0 Å². The van der Waals surface area contributed by atoms with E-state index in [9.17, 15) is 9.59 Å². The summed E-state index contributed by atoms with van der Waals surface area (Å²) in [6.45, 7) is 0.365. The van der Waals surface area contributed by atoms with Crippen molar-refractivity contribution < 1.29 is 19.4 Å². The van der Waals surface area contributed by atoms with Gasteiger partial charge in [0.2, 0.25) is 5.91 Å². The van der Waals surface area contributed by atoms with Crippen molar-refractivity contribution >= 4 is 35.0 Å². The van der Waals surface area contributed by atoms with Crippen LogP contribution in [0.4, 0.5) is 0 Å².